The summed E-state index contributed by atoms with van der Waals surface area (Å²) in [5, 5.41) is 4.40. The lowest BCUT2D eigenvalue weighted by atomic mass is 10.1. The van der Waals surface area contributed by atoms with Crippen molar-refractivity contribution in [3.63, 3.8) is 0 Å². The molecule has 4 nitrogen and oxygen atoms in total. The minimum absolute atomic E-state index is 0.577. The van der Waals surface area contributed by atoms with Gasteiger partial charge in [0.15, 0.2) is 5.58 Å². The molecule has 2 aromatic heterocycles. The fourth-order valence-corrected chi connectivity index (χ4v) is 3.14. The standard InChI is InChI=1S/C24H17N3O/c1-3-7-19(8-4-1)20-12-13-23-22(15-20)26-24(28-23)14-11-18-16-25-27(17-18)21-9-5-2-6-10-21/h1-17H/b14-11+. The number of para-hydroxylation sites is 1. The Hall–Kier alpha value is -3.92. The second-order valence-electron chi connectivity index (χ2n) is 6.49. The first kappa shape index (κ1) is 16.3. The Morgan fingerprint density at radius 1 is 0.786 bits per heavy atom. The summed E-state index contributed by atoms with van der Waals surface area (Å²) >= 11 is 0. The van der Waals surface area contributed by atoms with Crippen molar-refractivity contribution in [2.45, 2.75) is 0 Å². The lowest BCUT2D eigenvalue weighted by molar-refractivity contribution is 0.590. The molecule has 0 spiro atoms. The minimum Gasteiger partial charge on any atom is -0.437 e. The summed E-state index contributed by atoms with van der Waals surface area (Å²) in [7, 11) is 0. The van der Waals surface area contributed by atoms with E-state index in [1.807, 2.05) is 83.8 Å². The van der Waals surface area contributed by atoms with Crippen LogP contribution in [0.3, 0.4) is 0 Å². The summed E-state index contributed by atoms with van der Waals surface area (Å²) in [5.41, 5.74) is 5.92. The van der Waals surface area contributed by atoms with E-state index in [4.69, 9.17) is 4.42 Å². The van der Waals surface area contributed by atoms with Crippen LogP contribution >= 0.6 is 0 Å². The number of benzene rings is 3. The van der Waals surface area contributed by atoms with Crippen molar-refractivity contribution < 1.29 is 4.42 Å². The fraction of sp³-hybridized carbons (Fsp3) is 0. The topological polar surface area (TPSA) is 43.9 Å². The maximum atomic E-state index is 5.85. The van der Waals surface area contributed by atoms with Gasteiger partial charge in [0, 0.05) is 17.8 Å². The average Bonchev–Trinajstić information content (AvgIpc) is 3.39. The molecular weight excluding hydrogens is 346 g/mol. The largest absolute Gasteiger partial charge is 0.437 e. The normalized spacial score (nSPS) is 11.4. The van der Waals surface area contributed by atoms with E-state index in [-0.39, 0.29) is 0 Å². The lowest BCUT2D eigenvalue weighted by Gasteiger charge is -1.99. The first-order chi connectivity index (χ1) is 13.8. The number of nitrogens with zero attached hydrogens (tertiary/aromatic N) is 3. The van der Waals surface area contributed by atoms with Gasteiger partial charge in [0.1, 0.15) is 5.52 Å². The molecule has 0 unspecified atom stereocenters. The molecule has 2 heterocycles. The van der Waals surface area contributed by atoms with E-state index in [9.17, 15) is 0 Å². The molecule has 0 saturated carbocycles. The molecule has 0 saturated heterocycles. The number of oxazole rings is 1. The van der Waals surface area contributed by atoms with E-state index in [0.29, 0.717) is 5.89 Å². The third kappa shape index (κ3) is 3.23. The van der Waals surface area contributed by atoms with E-state index >= 15 is 0 Å². The molecule has 0 bridgehead atoms. The van der Waals surface area contributed by atoms with Crippen molar-refractivity contribution in [1.82, 2.24) is 14.8 Å². The van der Waals surface area contributed by atoms with Gasteiger partial charge in [-0.2, -0.15) is 5.10 Å². The van der Waals surface area contributed by atoms with Crippen LogP contribution in [-0.4, -0.2) is 14.8 Å². The number of rotatable bonds is 4. The minimum atomic E-state index is 0.577. The summed E-state index contributed by atoms with van der Waals surface area (Å²) in [6.45, 7) is 0. The zero-order valence-electron chi connectivity index (χ0n) is 15.1. The van der Waals surface area contributed by atoms with E-state index in [0.717, 1.165) is 33.5 Å². The molecule has 0 amide bonds. The summed E-state index contributed by atoms with van der Waals surface area (Å²) in [6, 6.07) is 26.4. The van der Waals surface area contributed by atoms with Gasteiger partial charge in [0.25, 0.3) is 0 Å². The molecule has 3 aromatic carbocycles. The van der Waals surface area contributed by atoms with Crippen LogP contribution in [0.15, 0.2) is 95.7 Å². The Bertz CT molecular complexity index is 1250. The van der Waals surface area contributed by atoms with Crippen molar-refractivity contribution in [2.75, 3.05) is 0 Å². The van der Waals surface area contributed by atoms with Crippen LogP contribution in [0.5, 0.6) is 0 Å². The van der Waals surface area contributed by atoms with Crippen LogP contribution in [0, 0.1) is 0 Å². The predicted octanol–water partition coefficient (Wildman–Crippen LogP) is 5.85. The number of hydrogen-bond acceptors (Lipinski definition) is 3. The molecule has 0 radical (unpaired) electrons. The van der Waals surface area contributed by atoms with Gasteiger partial charge in [-0.25, -0.2) is 9.67 Å². The molecule has 5 rings (SSSR count). The molecule has 0 fully saturated rings. The van der Waals surface area contributed by atoms with Gasteiger partial charge in [-0.15, -0.1) is 0 Å². The third-order valence-corrected chi connectivity index (χ3v) is 4.55. The zero-order valence-corrected chi connectivity index (χ0v) is 15.1. The van der Waals surface area contributed by atoms with Gasteiger partial charge < -0.3 is 4.42 Å². The first-order valence-corrected chi connectivity index (χ1v) is 9.09. The monoisotopic (exact) mass is 363 g/mol. The van der Waals surface area contributed by atoms with E-state index in [1.54, 1.807) is 0 Å². The smallest absolute Gasteiger partial charge is 0.220 e. The first-order valence-electron chi connectivity index (χ1n) is 9.09. The molecule has 0 aliphatic heterocycles. The van der Waals surface area contributed by atoms with Crippen LogP contribution in [0.4, 0.5) is 0 Å². The van der Waals surface area contributed by atoms with Gasteiger partial charge >= 0.3 is 0 Å². The second-order valence-corrected chi connectivity index (χ2v) is 6.49. The van der Waals surface area contributed by atoms with Gasteiger partial charge in [0.05, 0.1) is 11.9 Å². The molecule has 28 heavy (non-hydrogen) atoms. The summed E-state index contributed by atoms with van der Waals surface area (Å²) < 4.78 is 7.69. The molecule has 5 aromatic rings. The van der Waals surface area contributed by atoms with Crippen molar-refractivity contribution in [1.29, 1.82) is 0 Å². The van der Waals surface area contributed by atoms with Crippen LogP contribution < -0.4 is 0 Å². The van der Waals surface area contributed by atoms with Crippen molar-refractivity contribution in [3.05, 3.63) is 103 Å². The lowest BCUT2D eigenvalue weighted by Crippen LogP contribution is -1.92. The molecule has 0 aliphatic rings. The number of aromatic nitrogens is 3. The zero-order chi connectivity index (χ0) is 18.8. The molecule has 0 atom stereocenters. The van der Waals surface area contributed by atoms with E-state index in [2.05, 4.69) is 34.3 Å². The Kier molecular flexibility index (Phi) is 4.07. The summed E-state index contributed by atoms with van der Waals surface area (Å²) in [6.07, 6.45) is 7.62. The summed E-state index contributed by atoms with van der Waals surface area (Å²) in [4.78, 5) is 4.60. The van der Waals surface area contributed by atoms with Crippen molar-refractivity contribution in [3.8, 4) is 16.8 Å². The highest BCUT2D eigenvalue weighted by Crippen LogP contribution is 2.25. The van der Waals surface area contributed by atoms with Crippen LogP contribution in [0.1, 0.15) is 11.5 Å². The maximum Gasteiger partial charge on any atom is 0.220 e. The number of fused-ring (bicyclic) bond motifs is 1. The van der Waals surface area contributed by atoms with E-state index in [1.165, 1.54) is 0 Å². The molecule has 4 heteroatoms. The molecular formula is C24H17N3O. The van der Waals surface area contributed by atoms with Crippen molar-refractivity contribution >= 4 is 23.3 Å². The highest BCUT2D eigenvalue weighted by molar-refractivity contribution is 5.82. The Labute approximate surface area is 162 Å². The quantitative estimate of drug-likeness (QED) is 0.402. The molecule has 0 aliphatic carbocycles. The maximum absolute atomic E-state index is 5.85. The molecule has 134 valence electrons. The highest BCUT2D eigenvalue weighted by atomic mass is 16.3. The van der Waals surface area contributed by atoms with Crippen LogP contribution in [0.2, 0.25) is 0 Å². The van der Waals surface area contributed by atoms with Gasteiger partial charge in [-0.1, -0.05) is 54.6 Å². The fourth-order valence-electron chi connectivity index (χ4n) is 3.14. The van der Waals surface area contributed by atoms with Gasteiger partial charge in [-0.05, 0) is 41.5 Å². The third-order valence-electron chi connectivity index (χ3n) is 4.55. The SMILES string of the molecule is C(=C\c1nc2cc(-c3ccccc3)ccc2o1)/c1cnn(-c2ccccc2)c1. The van der Waals surface area contributed by atoms with E-state index < -0.39 is 0 Å². The predicted molar refractivity (Wildman–Crippen MR) is 112 cm³/mol. The highest BCUT2D eigenvalue weighted by Gasteiger charge is 2.06. The molecule has 0 N–H and O–H groups in total. The van der Waals surface area contributed by atoms with Gasteiger partial charge in [0.2, 0.25) is 5.89 Å². The number of hydrogen-bond donors (Lipinski definition) is 0. The Morgan fingerprint density at radius 3 is 2.39 bits per heavy atom. The van der Waals surface area contributed by atoms with Crippen LogP contribution in [-0.2, 0) is 0 Å². The summed E-state index contributed by atoms with van der Waals surface area (Å²) in [5.74, 6) is 0.577. The Balaban J connectivity index is 1.40. The average molecular weight is 363 g/mol. The van der Waals surface area contributed by atoms with Gasteiger partial charge in [-0.3, -0.25) is 0 Å². The second kappa shape index (κ2) is 7.00. The van der Waals surface area contributed by atoms with Crippen LogP contribution in [0.25, 0.3) is 40.1 Å². The Morgan fingerprint density at radius 2 is 1.57 bits per heavy atom. The van der Waals surface area contributed by atoms with Crippen molar-refractivity contribution in [2.24, 2.45) is 0 Å².